The predicted molar refractivity (Wildman–Crippen MR) is 78.5 cm³/mol. The minimum atomic E-state index is -1.07. The number of aromatic carboxylic acids is 1. The largest absolute Gasteiger partial charge is 0.497 e. The highest BCUT2D eigenvalue weighted by Crippen LogP contribution is 2.29. The molecule has 2 aromatic heterocycles. The first-order valence-electron chi connectivity index (χ1n) is 5.49. The smallest absolute Gasteiger partial charge is 0.356 e. The third-order valence-electron chi connectivity index (χ3n) is 2.93. The van der Waals surface area contributed by atoms with Crippen LogP contribution < -0.4 is 4.74 Å². The van der Waals surface area contributed by atoms with Crippen LogP contribution in [-0.2, 0) is 0 Å². The molecule has 0 aliphatic carbocycles. The lowest BCUT2D eigenvalue weighted by atomic mass is 10.2. The maximum Gasteiger partial charge on any atom is 0.356 e. The summed E-state index contributed by atoms with van der Waals surface area (Å²) in [6, 6.07) is 7.07. The van der Waals surface area contributed by atoms with Crippen molar-refractivity contribution in [3.63, 3.8) is 0 Å². The van der Waals surface area contributed by atoms with Crippen LogP contribution >= 0.6 is 24.0 Å². The molecule has 104 valence electrons. The van der Waals surface area contributed by atoms with Gasteiger partial charge in [-0.2, -0.15) is 0 Å². The Morgan fingerprint density at radius 3 is 2.80 bits per heavy atom. The molecule has 0 saturated heterocycles. The van der Waals surface area contributed by atoms with Crippen LogP contribution in [0.3, 0.4) is 0 Å². The fourth-order valence-corrected chi connectivity index (χ4v) is 2.28. The van der Waals surface area contributed by atoms with Crippen molar-refractivity contribution in [2.45, 2.75) is 0 Å². The number of ether oxygens (including phenoxy) is 1. The van der Waals surface area contributed by atoms with Crippen molar-refractivity contribution in [2.24, 2.45) is 0 Å². The van der Waals surface area contributed by atoms with E-state index < -0.39 is 5.97 Å². The summed E-state index contributed by atoms with van der Waals surface area (Å²) in [6.07, 6.45) is 1.47. The van der Waals surface area contributed by atoms with E-state index in [0.717, 1.165) is 10.9 Å². The third-order valence-corrected chi connectivity index (χ3v) is 3.24. The number of methoxy groups -OCH3 is 1. The van der Waals surface area contributed by atoms with Crippen LogP contribution in [0.25, 0.3) is 16.6 Å². The van der Waals surface area contributed by atoms with Gasteiger partial charge in [0.15, 0.2) is 5.69 Å². The molecular weight excluding hydrogens is 303 g/mol. The standard InChI is InChI=1S/C13H9ClN2O3.ClH/c1-19-7-2-3-8-9(14)5-12-15-10(13(17)18)6-16(12)11(8)4-7;/h2-6H,1H3,(H,17,18);1H. The quantitative estimate of drug-likeness (QED) is 0.788. The van der Waals surface area contributed by atoms with Crippen LogP contribution in [0, 0.1) is 0 Å². The molecule has 0 spiro atoms. The van der Waals surface area contributed by atoms with Gasteiger partial charge >= 0.3 is 5.97 Å². The molecule has 1 aromatic carbocycles. The minimum Gasteiger partial charge on any atom is -0.497 e. The highest BCUT2D eigenvalue weighted by molar-refractivity contribution is 6.35. The first-order chi connectivity index (χ1) is 9.10. The van der Waals surface area contributed by atoms with Crippen molar-refractivity contribution in [3.8, 4) is 5.75 Å². The van der Waals surface area contributed by atoms with Crippen LogP contribution in [0.4, 0.5) is 0 Å². The van der Waals surface area contributed by atoms with Crippen LogP contribution in [-0.4, -0.2) is 27.6 Å². The first-order valence-corrected chi connectivity index (χ1v) is 5.86. The molecule has 3 rings (SSSR count). The number of hydrogen-bond donors (Lipinski definition) is 1. The SMILES string of the molecule is COc1ccc2c(Cl)cc3nc(C(=O)O)cn3c2c1.Cl. The molecule has 0 atom stereocenters. The van der Waals surface area contributed by atoms with E-state index in [9.17, 15) is 4.79 Å². The number of imidazole rings is 1. The van der Waals surface area contributed by atoms with Gasteiger partial charge in [-0.05, 0) is 12.1 Å². The molecule has 0 aliphatic heterocycles. The Morgan fingerprint density at radius 2 is 2.15 bits per heavy atom. The van der Waals surface area contributed by atoms with E-state index in [1.807, 2.05) is 6.07 Å². The molecule has 5 nitrogen and oxygen atoms in total. The lowest BCUT2D eigenvalue weighted by Crippen LogP contribution is -1.94. The predicted octanol–water partition coefficient (Wildman–Crippen LogP) is 3.27. The molecule has 20 heavy (non-hydrogen) atoms. The monoisotopic (exact) mass is 312 g/mol. The van der Waals surface area contributed by atoms with E-state index in [1.54, 1.807) is 29.7 Å². The van der Waals surface area contributed by atoms with Crippen molar-refractivity contribution in [1.29, 1.82) is 0 Å². The Labute approximate surface area is 125 Å². The second-order valence-electron chi connectivity index (χ2n) is 4.03. The number of pyridine rings is 1. The zero-order valence-corrected chi connectivity index (χ0v) is 11.9. The lowest BCUT2D eigenvalue weighted by Gasteiger charge is -2.06. The summed E-state index contributed by atoms with van der Waals surface area (Å²) in [6.45, 7) is 0. The number of nitrogens with zero attached hydrogens (tertiary/aromatic N) is 2. The summed E-state index contributed by atoms with van der Waals surface area (Å²) in [4.78, 5) is 15.0. The van der Waals surface area contributed by atoms with Crippen LogP contribution in [0.5, 0.6) is 5.75 Å². The van der Waals surface area contributed by atoms with Gasteiger partial charge in [0.25, 0.3) is 0 Å². The Bertz CT molecular complexity index is 814. The summed E-state index contributed by atoms with van der Waals surface area (Å²) >= 11 is 6.18. The molecule has 0 amide bonds. The third kappa shape index (κ3) is 2.15. The molecule has 3 aromatic rings. The average Bonchev–Trinajstić information content (AvgIpc) is 2.82. The van der Waals surface area contributed by atoms with Crippen molar-refractivity contribution >= 4 is 46.5 Å². The molecular formula is C13H10Cl2N2O3. The summed E-state index contributed by atoms with van der Waals surface area (Å²) in [7, 11) is 1.57. The molecule has 0 saturated carbocycles. The van der Waals surface area contributed by atoms with Gasteiger partial charge in [-0.15, -0.1) is 12.4 Å². The number of fused-ring (bicyclic) bond motifs is 3. The van der Waals surface area contributed by atoms with Crippen LogP contribution in [0.15, 0.2) is 30.5 Å². The van der Waals surface area contributed by atoms with E-state index in [2.05, 4.69) is 4.98 Å². The zero-order chi connectivity index (χ0) is 13.6. The highest BCUT2D eigenvalue weighted by atomic mass is 35.5. The second-order valence-corrected chi connectivity index (χ2v) is 4.44. The van der Waals surface area contributed by atoms with Crippen molar-refractivity contribution < 1.29 is 14.6 Å². The average molecular weight is 313 g/mol. The molecule has 0 unspecified atom stereocenters. The first kappa shape index (κ1) is 14.4. The Balaban J connectivity index is 0.00000147. The molecule has 0 fully saturated rings. The lowest BCUT2D eigenvalue weighted by molar-refractivity contribution is 0.0691. The molecule has 0 bridgehead atoms. The van der Waals surface area contributed by atoms with Gasteiger partial charge in [0, 0.05) is 23.7 Å². The van der Waals surface area contributed by atoms with Crippen molar-refractivity contribution in [2.75, 3.05) is 7.11 Å². The van der Waals surface area contributed by atoms with Gasteiger partial charge in [-0.25, -0.2) is 9.78 Å². The van der Waals surface area contributed by atoms with Gasteiger partial charge in [0.2, 0.25) is 0 Å². The Kier molecular flexibility index (Phi) is 3.74. The number of rotatable bonds is 2. The fraction of sp³-hybridized carbons (Fsp3) is 0.0769. The molecule has 0 aliphatic rings. The molecule has 0 radical (unpaired) electrons. The number of carboxylic acid groups (broad SMARTS) is 1. The topological polar surface area (TPSA) is 63.8 Å². The number of hydrogen-bond acceptors (Lipinski definition) is 3. The van der Waals surface area contributed by atoms with E-state index in [0.29, 0.717) is 16.4 Å². The van der Waals surface area contributed by atoms with Gasteiger partial charge < -0.3 is 9.84 Å². The van der Waals surface area contributed by atoms with Crippen molar-refractivity contribution in [3.05, 3.63) is 41.2 Å². The number of halogens is 2. The Morgan fingerprint density at radius 1 is 1.40 bits per heavy atom. The van der Waals surface area contributed by atoms with E-state index in [-0.39, 0.29) is 18.1 Å². The normalized spacial score (nSPS) is 10.5. The summed E-state index contributed by atoms with van der Waals surface area (Å²) in [5.41, 5.74) is 1.22. The van der Waals surface area contributed by atoms with Gasteiger partial charge in [-0.3, -0.25) is 4.40 Å². The summed E-state index contributed by atoms with van der Waals surface area (Å²) in [5.74, 6) is -0.405. The van der Waals surface area contributed by atoms with E-state index in [1.165, 1.54) is 6.20 Å². The minimum absolute atomic E-state index is 0. The number of carboxylic acids is 1. The van der Waals surface area contributed by atoms with Crippen molar-refractivity contribution in [1.82, 2.24) is 9.38 Å². The number of benzene rings is 1. The molecule has 2 heterocycles. The summed E-state index contributed by atoms with van der Waals surface area (Å²) in [5, 5.41) is 10.3. The molecule has 7 heteroatoms. The van der Waals surface area contributed by atoms with Crippen LogP contribution in [0.1, 0.15) is 10.5 Å². The second kappa shape index (κ2) is 5.19. The molecule has 1 N–H and O–H groups in total. The van der Waals surface area contributed by atoms with Gasteiger partial charge in [0.1, 0.15) is 11.4 Å². The van der Waals surface area contributed by atoms with Gasteiger partial charge in [0.05, 0.1) is 17.6 Å². The Hall–Kier alpha value is -1.98. The maximum atomic E-state index is 11.0. The van der Waals surface area contributed by atoms with E-state index in [4.69, 9.17) is 21.4 Å². The fourth-order valence-electron chi connectivity index (χ4n) is 2.02. The highest BCUT2D eigenvalue weighted by Gasteiger charge is 2.13. The number of aromatic nitrogens is 2. The maximum absolute atomic E-state index is 11.0. The zero-order valence-electron chi connectivity index (χ0n) is 10.3. The summed E-state index contributed by atoms with van der Waals surface area (Å²) < 4.78 is 6.86. The van der Waals surface area contributed by atoms with E-state index >= 15 is 0 Å². The van der Waals surface area contributed by atoms with Crippen LogP contribution in [0.2, 0.25) is 5.02 Å². The number of carbonyl (C=O) groups is 1. The van der Waals surface area contributed by atoms with Gasteiger partial charge in [-0.1, -0.05) is 11.6 Å².